The van der Waals surface area contributed by atoms with Gasteiger partial charge in [0, 0.05) is 16.0 Å². The third-order valence-corrected chi connectivity index (χ3v) is 9.56. The quantitative estimate of drug-likeness (QED) is 0.117. The Morgan fingerprint density at radius 3 is 2.26 bits per heavy atom. The average molecular weight is 669 g/mol. The van der Waals surface area contributed by atoms with Crippen LogP contribution >= 0.6 is 18.9 Å². The SMILES string of the molecule is NCCCOc1ccc(C(=O)Nc2ccc3sc(S(=O)(=O)NCP(=O)(O)OC(=O)C(F)(F)F)cc3c2)cc1OCCCN. The van der Waals surface area contributed by atoms with Gasteiger partial charge >= 0.3 is 19.7 Å². The summed E-state index contributed by atoms with van der Waals surface area (Å²) < 4.78 is 90.6. The van der Waals surface area contributed by atoms with Gasteiger partial charge in [-0.05, 0) is 73.8 Å². The number of ether oxygens (including phenoxy) is 2. The van der Waals surface area contributed by atoms with E-state index in [1.807, 2.05) is 0 Å². The average Bonchev–Trinajstić information content (AvgIpc) is 3.37. The topological polar surface area (TPSA) is 209 Å². The number of hydrogen-bond acceptors (Lipinski definition) is 11. The number of alkyl halides is 3. The largest absolute Gasteiger partial charge is 0.491 e. The zero-order chi connectivity index (χ0) is 31.8. The molecule has 0 saturated carbocycles. The Kier molecular flexibility index (Phi) is 11.5. The minimum atomic E-state index is -5.54. The van der Waals surface area contributed by atoms with Crippen LogP contribution in [0.15, 0.2) is 46.7 Å². The summed E-state index contributed by atoms with van der Waals surface area (Å²) in [4.78, 5) is 33.3. The highest BCUT2D eigenvalue weighted by molar-refractivity contribution is 7.92. The Morgan fingerprint density at radius 2 is 1.63 bits per heavy atom. The van der Waals surface area contributed by atoms with Crippen LogP contribution in [0.3, 0.4) is 0 Å². The van der Waals surface area contributed by atoms with Crippen LogP contribution in [0.5, 0.6) is 11.5 Å². The number of rotatable bonds is 15. The summed E-state index contributed by atoms with van der Waals surface area (Å²) in [6.45, 7) is 1.51. The van der Waals surface area contributed by atoms with Gasteiger partial charge in [0.1, 0.15) is 10.5 Å². The first-order valence-corrected chi connectivity index (χ1v) is 16.5. The van der Waals surface area contributed by atoms with E-state index in [1.165, 1.54) is 36.4 Å². The first-order chi connectivity index (χ1) is 20.1. The third-order valence-electron chi connectivity index (χ3n) is 5.35. The standard InChI is InChI=1S/C24H28F3N4O9PS2/c25-24(26,27)23(33)40-41(34,35)14-30-43(36,37)21-13-16-11-17(4-6-20(16)42-21)31-22(32)15-3-5-18(38-9-1-7-28)19(12-15)39-10-2-8-29/h3-6,11-13,30H,1-2,7-10,14,28-29H2,(H,31,32)(H,34,35). The van der Waals surface area contributed by atoms with Crippen LogP contribution in [-0.2, 0) is 23.9 Å². The second-order valence-corrected chi connectivity index (χ2v) is 13.6. The number of fused-ring (bicyclic) bond motifs is 1. The van der Waals surface area contributed by atoms with Gasteiger partial charge in [-0.15, -0.1) is 11.3 Å². The number of benzene rings is 2. The number of carbonyl (C=O) groups excluding carboxylic acids is 2. The van der Waals surface area contributed by atoms with Crippen LogP contribution in [0.25, 0.3) is 10.1 Å². The Labute approximate surface area is 247 Å². The maximum atomic E-state index is 13.0. The number of carbonyl (C=O) groups is 2. The molecule has 19 heteroatoms. The molecule has 1 amide bonds. The van der Waals surface area contributed by atoms with Crippen molar-refractivity contribution in [1.29, 1.82) is 0 Å². The van der Waals surface area contributed by atoms with Crippen molar-refractivity contribution in [2.24, 2.45) is 11.5 Å². The summed E-state index contributed by atoms with van der Waals surface area (Å²) in [6, 6.07) is 10.3. The molecule has 0 bridgehead atoms. The molecule has 0 aliphatic rings. The van der Waals surface area contributed by atoms with E-state index in [2.05, 4.69) is 9.84 Å². The van der Waals surface area contributed by atoms with Gasteiger partial charge in [0.2, 0.25) is 0 Å². The molecule has 1 heterocycles. The molecule has 43 heavy (non-hydrogen) atoms. The van der Waals surface area contributed by atoms with E-state index in [0.29, 0.717) is 66.4 Å². The second kappa shape index (κ2) is 14.5. The zero-order valence-corrected chi connectivity index (χ0v) is 24.8. The van der Waals surface area contributed by atoms with Crippen molar-refractivity contribution in [3.05, 3.63) is 48.0 Å². The van der Waals surface area contributed by atoms with Crippen molar-refractivity contribution in [3.63, 3.8) is 0 Å². The van der Waals surface area contributed by atoms with Gasteiger partial charge in [0.05, 0.1) is 13.2 Å². The number of nitrogens with one attached hydrogen (secondary N) is 2. The van der Waals surface area contributed by atoms with E-state index in [1.54, 1.807) is 10.8 Å². The number of thiophene rings is 1. The maximum Gasteiger partial charge on any atom is 0.491 e. The lowest BCUT2D eigenvalue weighted by atomic mass is 10.1. The van der Waals surface area contributed by atoms with Crippen molar-refractivity contribution in [2.45, 2.75) is 23.2 Å². The van der Waals surface area contributed by atoms with Crippen molar-refractivity contribution in [3.8, 4) is 11.5 Å². The Morgan fingerprint density at radius 1 is 0.977 bits per heavy atom. The molecule has 2 aromatic carbocycles. The lowest BCUT2D eigenvalue weighted by Gasteiger charge is -2.14. The summed E-state index contributed by atoms with van der Waals surface area (Å²) in [5.74, 6) is -2.67. The lowest BCUT2D eigenvalue weighted by Crippen LogP contribution is -2.28. The van der Waals surface area contributed by atoms with Crippen molar-refractivity contribution in [2.75, 3.05) is 37.9 Å². The van der Waals surface area contributed by atoms with E-state index >= 15 is 0 Å². The highest BCUT2D eigenvalue weighted by atomic mass is 32.2. The fraction of sp³-hybridized carbons (Fsp3) is 0.333. The Balaban J connectivity index is 1.73. The molecule has 3 aromatic rings. The van der Waals surface area contributed by atoms with Gasteiger partial charge in [-0.2, -0.15) is 17.9 Å². The lowest BCUT2D eigenvalue weighted by molar-refractivity contribution is -0.190. The molecule has 3 rings (SSSR count). The molecule has 1 atom stereocenters. The minimum Gasteiger partial charge on any atom is -0.490 e. The number of nitrogens with two attached hydrogens (primary N) is 2. The van der Waals surface area contributed by atoms with E-state index in [4.69, 9.17) is 20.9 Å². The second-order valence-electron chi connectivity index (χ2n) is 8.73. The number of hydrogen-bond donors (Lipinski definition) is 5. The minimum absolute atomic E-state index is 0.242. The van der Waals surface area contributed by atoms with Crippen LogP contribution in [0.4, 0.5) is 18.9 Å². The van der Waals surface area contributed by atoms with Gasteiger partial charge < -0.3 is 35.7 Å². The van der Waals surface area contributed by atoms with Crippen molar-refractivity contribution in [1.82, 2.24) is 4.72 Å². The highest BCUT2D eigenvalue weighted by Gasteiger charge is 2.45. The van der Waals surface area contributed by atoms with Crippen molar-refractivity contribution < 1.29 is 54.6 Å². The molecule has 0 spiro atoms. The van der Waals surface area contributed by atoms with Gasteiger partial charge in [-0.25, -0.2) is 17.8 Å². The number of halogens is 3. The molecule has 236 valence electrons. The number of amides is 1. The highest BCUT2D eigenvalue weighted by Crippen LogP contribution is 2.43. The molecule has 13 nitrogen and oxygen atoms in total. The van der Waals surface area contributed by atoms with Crippen LogP contribution in [-0.4, -0.2) is 64.0 Å². The molecule has 0 aliphatic carbocycles. The first-order valence-electron chi connectivity index (χ1n) is 12.4. The first kappa shape index (κ1) is 34.2. The molecule has 0 radical (unpaired) electrons. The molecule has 7 N–H and O–H groups in total. The molecule has 1 unspecified atom stereocenters. The smallest absolute Gasteiger partial charge is 0.490 e. The van der Waals surface area contributed by atoms with E-state index in [9.17, 15) is 40.6 Å². The molecular formula is C24H28F3N4O9PS2. The van der Waals surface area contributed by atoms with Gasteiger partial charge in [-0.1, -0.05) is 0 Å². The summed E-state index contributed by atoms with van der Waals surface area (Å²) >= 11 is 0.748. The molecular weight excluding hydrogens is 640 g/mol. The van der Waals surface area contributed by atoms with E-state index in [-0.39, 0.29) is 9.77 Å². The third kappa shape index (κ3) is 9.89. The predicted molar refractivity (Wildman–Crippen MR) is 152 cm³/mol. The predicted octanol–water partition coefficient (Wildman–Crippen LogP) is 3.14. The summed E-state index contributed by atoms with van der Waals surface area (Å²) in [5, 5.41) is 3.07. The van der Waals surface area contributed by atoms with Crippen LogP contribution in [0, 0.1) is 0 Å². The summed E-state index contributed by atoms with van der Waals surface area (Å²) in [5.41, 5.74) is 11.6. The molecule has 1 aromatic heterocycles. The molecule has 0 aliphatic heterocycles. The molecule has 0 saturated heterocycles. The number of anilines is 1. The fourth-order valence-corrected chi connectivity index (χ4v) is 7.14. The zero-order valence-electron chi connectivity index (χ0n) is 22.3. The van der Waals surface area contributed by atoms with Crippen LogP contribution in [0.2, 0.25) is 0 Å². The normalized spacial score (nSPS) is 13.3. The Bertz CT molecular complexity index is 1620. The van der Waals surface area contributed by atoms with Crippen LogP contribution in [0.1, 0.15) is 23.2 Å². The maximum absolute atomic E-state index is 13.0. The van der Waals surface area contributed by atoms with Gasteiger partial charge in [0.15, 0.2) is 11.5 Å². The monoisotopic (exact) mass is 668 g/mol. The molecule has 0 fully saturated rings. The van der Waals surface area contributed by atoms with Gasteiger partial charge in [0.25, 0.3) is 15.9 Å². The van der Waals surface area contributed by atoms with E-state index < -0.39 is 42.0 Å². The van der Waals surface area contributed by atoms with E-state index in [0.717, 1.165) is 11.3 Å². The van der Waals surface area contributed by atoms with Crippen LogP contribution < -0.4 is 31.0 Å². The number of sulfonamides is 1. The summed E-state index contributed by atoms with van der Waals surface area (Å²) in [6.07, 6.45) is -5.83. The van der Waals surface area contributed by atoms with Crippen molar-refractivity contribution >= 4 is 56.6 Å². The fourth-order valence-electron chi connectivity index (χ4n) is 3.30. The van der Waals surface area contributed by atoms with Gasteiger partial charge in [-0.3, -0.25) is 4.79 Å². The Hall–Kier alpha value is -3.25. The summed E-state index contributed by atoms with van der Waals surface area (Å²) in [7, 11) is -9.80.